The Morgan fingerprint density at radius 1 is 0.967 bits per heavy atom. The maximum atomic E-state index is 13.7. The van der Waals surface area contributed by atoms with E-state index >= 15 is 0 Å². The molecule has 30 heavy (non-hydrogen) atoms. The molecule has 0 aliphatic carbocycles. The lowest BCUT2D eigenvalue weighted by Gasteiger charge is -2.31. The average Bonchev–Trinajstić information content (AvgIpc) is 3.14. The second kappa shape index (κ2) is 7.33. The van der Waals surface area contributed by atoms with Crippen LogP contribution in [-0.2, 0) is 11.2 Å². The van der Waals surface area contributed by atoms with E-state index in [0.717, 1.165) is 48.8 Å². The SMILES string of the molecule is O=C(O)Cc1c(-c2ccccc2)nc2c3ccccc3n(N3CCCCC3)c(=O)n12. The quantitative estimate of drug-likeness (QED) is 0.568. The summed E-state index contributed by atoms with van der Waals surface area (Å²) in [5, 5.41) is 12.5. The minimum atomic E-state index is -0.994. The summed E-state index contributed by atoms with van der Waals surface area (Å²) in [6.07, 6.45) is 2.93. The van der Waals surface area contributed by atoms with Crippen LogP contribution in [0.1, 0.15) is 25.0 Å². The number of piperidine rings is 1. The minimum absolute atomic E-state index is 0.267. The Labute approximate surface area is 172 Å². The predicted molar refractivity (Wildman–Crippen MR) is 116 cm³/mol. The molecule has 0 saturated carbocycles. The number of hydrogen-bond donors (Lipinski definition) is 1. The monoisotopic (exact) mass is 402 g/mol. The van der Waals surface area contributed by atoms with Gasteiger partial charge in [-0.1, -0.05) is 42.5 Å². The van der Waals surface area contributed by atoms with Crippen molar-refractivity contribution in [3.63, 3.8) is 0 Å². The zero-order chi connectivity index (χ0) is 20.7. The number of rotatable bonds is 4. The van der Waals surface area contributed by atoms with E-state index in [1.54, 1.807) is 4.68 Å². The molecule has 0 amide bonds. The molecular weight excluding hydrogens is 380 g/mol. The summed E-state index contributed by atoms with van der Waals surface area (Å²) in [6.45, 7) is 1.59. The van der Waals surface area contributed by atoms with E-state index in [-0.39, 0.29) is 12.1 Å². The standard InChI is InChI=1S/C23H22N4O3/c28-20(29)15-19-21(16-9-3-1-4-10-16)24-22-17-11-5-6-12-18(17)27(23(30)26(19)22)25-13-7-2-8-14-25/h1,3-6,9-12H,2,7-8,13-15H2,(H,28,29). The maximum Gasteiger partial charge on any atom is 0.353 e. The van der Waals surface area contributed by atoms with Gasteiger partial charge in [-0.2, -0.15) is 0 Å². The average molecular weight is 402 g/mol. The van der Waals surface area contributed by atoms with Crippen molar-refractivity contribution in [2.75, 3.05) is 18.1 Å². The third-order valence-corrected chi connectivity index (χ3v) is 5.70. The van der Waals surface area contributed by atoms with Crippen molar-refractivity contribution in [2.24, 2.45) is 0 Å². The number of aromatic nitrogens is 3. The zero-order valence-corrected chi connectivity index (χ0v) is 16.5. The topological polar surface area (TPSA) is 79.8 Å². The molecule has 3 heterocycles. The first-order chi connectivity index (χ1) is 14.6. The number of imidazole rings is 1. The van der Waals surface area contributed by atoms with Gasteiger partial charge in [0.25, 0.3) is 0 Å². The number of aliphatic carboxylic acids is 1. The third-order valence-electron chi connectivity index (χ3n) is 5.70. The molecule has 2 aromatic heterocycles. The van der Waals surface area contributed by atoms with E-state index in [1.807, 2.05) is 54.6 Å². The summed E-state index contributed by atoms with van der Waals surface area (Å²) in [5.74, 6) is -0.994. The van der Waals surface area contributed by atoms with Crippen molar-refractivity contribution in [2.45, 2.75) is 25.7 Å². The van der Waals surface area contributed by atoms with Crippen molar-refractivity contribution in [1.29, 1.82) is 0 Å². The lowest BCUT2D eigenvalue weighted by molar-refractivity contribution is -0.136. The van der Waals surface area contributed by atoms with E-state index in [0.29, 0.717) is 17.0 Å². The molecule has 7 nitrogen and oxygen atoms in total. The second-order valence-electron chi connectivity index (χ2n) is 7.63. The normalized spacial score (nSPS) is 14.5. The van der Waals surface area contributed by atoms with Crippen molar-refractivity contribution in [1.82, 2.24) is 14.1 Å². The Morgan fingerprint density at radius 3 is 2.40 bits per heavy atom. The molecule has 1 aliphatic heterocycles. The predicted octanol–water partition coefficient (Wildman–Crippen LogP) is 3.07. The highest BCUT2D eigenvalue weighted by molar-refractivity contribution is 5.93. The number of hydrogen-bond acceptors (Lipinski definition) is 4. The highest BCUT2D eigenvalue weighted by atomic mass is 16.4. The van der Waals surface area contributed by atoms with Crippen molar-refractivity contribution < 1.29 is 9.90 Å². The lowest BCUT2D eigenvalue weighted by atomic mass is 10.1. The van der Waals surface area contributed by atoms with Crippen LogP contribution >= 0.6 is 0 Å². The molecule has 7 heteroatoms. The Balaban J connectivity index is 1.90. The van der Waals surface area contributed by atoms with Gasteiger partial charge < -0.3 is 10.1 Å². The van der Waals surface area contributed by atoms with Gasteiger partial charge in [-0.25, -0.2) is 18.9 Å². The van der Waals surface area contributed by atoms with Crippen LogP contribution in [-0.4, -0.2) is 38.2 Å². The molecule has 1 fully saturated rings. The summed E-state index contributed by atoms with van der Waals surface area (Å²) < 4.78 is 3.21. The summed E-state index contributed by atoms with van der Waals surface area (Å²) in [6, 6.07) is 17.1. The molecule has 0 unspecified atom stereocenters. The number of benzene rings is 2. The van der Waals surface area contributed by atoms with Gasteiger partial charge in [-0.3, -0.25) is 4.79 Å². The van der Waals surface area contributed by atoms with Crippen LogP contribution in [0.25, 0.3) is 27.8 Å². The summed E-state index contributed by atoms with van der Waals surface area (Å²) in [5.41, 5.74) is 2.77. The van der Waals surface area contributed by atoms with Crippen molar-refractivity contribution >= 4 is 22.5 Å². The molecule has 1 saturated heterocycles. The van der Waals surface area contributed by atoms with Crippen LogP contribution in [0.15, 0.2) is 59.4 Å². The summed E-state index contributed by atoms with van der Waals surface area (Å²) in [4.78, 5) is 30.2. The Bertz CT molecular complexity index is 1300. The van der Waals surface area contributed by atoms with E-state index < -0.39 is 5.97 Å². The first-order valence-corrected chi connectivity index (χ1v) is 10.2. The van der Waals surface area contributed by atoms with E-state index in [1.165, 1.54) is 4.40 Å². The Hall–Kier alpha value is -3.61. The smallest absolute Gasteiger partial charge is 0.353 e. The molecule has 0 radical (unpaired) electrons. The lowest BCUT2D eigenvalue weighted by Crippen LogP contribution is -2.47. The van der Waals surface area contributed by atoms with Gasteiger partial charge in [0.05, 0.1) is 23.3 Å². The number of fused-ring (bicyclic) bond motifs is 3. The van der Waals surface area contributed by atoms with Crippen LogP contribution in [0.5, 0.6) is 0 Å². The molecule has 0 atom stereocenters. The molecular formula is C23H22N4O3. The molecule has 0 bridgehead atoms. The van der Waals surface area contributed by atoms with Gasteiger partial charge in [0.1, 0.15) is 0 Å². The summed E-state index contributed by atoms with van der Waals surface area (Å²) >= 11 is 0. The first-order valence-electron chi connectivity index (χ1n) is 10.2. The van der Waals surface area contributed by atoms with Crippen LogP contribution < -0.4 is 10.7 Å². The molecule has 1 aliphatic rings. The third kappa shape index (κ3) is 2.94. The first kappa shape index (κ1) is 18.4. The van der Waals surface area contributed by atoms with E-state index in [2.05, 4.69) is 5.01 Å². The number of para-hydroxylation sites is 1. The number of nitrogens with zero attached hydrogens (tertiary/aromatic N) is 4. The van der Waals surface area contributed by atoms with E-state index in [4.69, 9.17) is 4.98 Å². The van der Waals surface area contributed by atoms with Gasteiger partial charge in [0, 0.05) is 24.0 Å². The van der Waals surface area contributed by atoms with Gasteiger partial charge >= 0.3 is 11.7 Å². The number of carboxylic acid groups (broad SMARTS) is 1. The zero-order valence-electron chi connectivity index (χ0n) is 16.5. The molecule has 2 aromatic carbocycles. The van der Waals surface area contributed by atoms with Crippen LogP contribution in [0.3, 0.4) is 0 Å². The Kier molecular flexibility index (Phi) is 4.50. The highest BCUT2D eigenvalue weighted by Gasteiger charge is 2.24. The van der Waals surface area contributed by atoms with Gasteiger partial charge in [-0.05, 0) is 31.4 Å². The van der Waals surface area contributed by atoms with Gasteiger partial charge in [-0.15, -0.1) is 0 Å². The van der Waals surface area contributed by atoms with Crippen LogP contribution in [0.4, 0.5) is 0 Å². The summed E-state index contributed by atoms with van der Waals surface area (Å²) in [7, 11) is 0. The number of carbonyl (C=O) groups is 1. The largest absolute Gasteiger partial charge is 0.481 e. The molecule has 152 valence electrons. The molecule has 4 aromatic rings. The van der Waals surface area contributed by atoms with Crippen LogP contribution in [0.2, 0.25) is 0 Å². The van der Waals surface area contributed by atoms with Crippen LogP contribution in [0, 0.1) is 0 Å². The second-order valence-corrected chi connectivity index (χ2v) is 7.63. The highest BCUT2D eigenvalue weighted by Crippen LogP contribution is 2.28. The fourth-order valence-corrected chi connectivity index (χ4v) is 4.37. The van der Waals surface area contributed by atoms with Gasteiger partial charge in [0.2, 0.25) is 0 Å². The van der Waals surface area contributed by atoms with Crippen molar-refractivity contribution in [3.05, 3.63) is 70.8 Å². The maximum absolute atomic E-state index is 13.7. The Morgan fingerprint density at radius 2 is 1.67 bits per heavy atom. The fourth-order valence-electron chi connectivity index (χ4n) is 4.37. The van der Waals surface area contributed by atoms with E-state index in [9.17, 15) is 14.7 Å². The van der Waals surface area contributed by atoms with Gasteiger partial charge in [0.15, 0.2) is 5.65 Å². The minimum Gasteiger partial charge on any atom is -0.481 e. The number of carboxylic acids is 1. The molecule has 5 rings (SSSR count). The molecule has 0 spiro atoms. The molecule has 1 N–H and O–H groups in total. The van der Waals surface area contributed by atoms with Crippen molar-refractivity contribution in [3.8, 4) is 11.3 Å². The fraction of sp³-hybridized carbons (Fsp3) is 0.261.